The van der Waals surface area contributed by atoms with Gasteiger partial charge in [-0.05, 0) is 17.5 Å². The van der Waals surface area contributed by atoms with E-state index in [4.69, 9.17) is 0 Å². The van der Waals surface area contributed by atoms with Crippen molar-refractivity contribution in [1.82, 2.24) is 0 Å². The molecule has 0 aliphatic carbocycles. The van der Waals surface area contributed by atoms with Crippen molar-refractivity contribution >= 4 is 21.7 Å². The number of hydrogen-bond donors (Lipinski definition) is 0. The minimum Gasteiger partial charge on any atom is -0.0616 e. The molecule has 2 aromatic carbocycles. The number of benzene rings is 2. The smallest absolute Gasteiger partial charge is 0.0616 e. The van der Waals surface area contributed by atoms with Crippen LogP contribution in [0.3, 0.4) is 0 Å². The average Bonchev–Trinajstić information content (AvgIpc) is 2.16. The van der Waals surface area contributed by atoms with Gasteiger partial charge in [-0.2, -0.15) is 0 Å². The Morgan fingerprint density at radius 1 is 0.857 bits per heavy atom. The molecule has 14 heavy (non-hydrogen) atoms. The van der Waals surface area contributed by atoms with Crippen LogP contribution in [0, 0.1) is 0 Å². The zero-order valence-corrected chi connectivity index (χ0v) is 8.89. The highest BCUT2D eigenvalue weighted by Gasteiger charge is 2.31. The first-order valence-corrected chi connectivity index (χ1v) is 6.67. The summed E-state index contributed by atoms with van der Waals surface area (Å²) in [7, 11) is 0.566. The van der Waals surface area contributed by atoms with Gasteiger partial charge >= 0.3 is 0 Å². The Morgan fingerprint density at radius 3 is 2.43 bits per heavy atom. The molecule has 0 radical (unpaired) electrons. The van der Waals surface area contributed by atoms with E-state index in [1.807, 2.05) is 0 Å². The Labute approximate surface area is 87.3 Å². The molecule has 0 atom stereocenters. The first-order valence-electron chi connectivity index (χ1n) is 5.10. The minimum atomic E-state index is 0.566. The summed E-state index contributed by atoms with van der Waals surface area (Å²) in [6.45, 7) is 0. The average molecular weight is 201 g/mol. The fourth-order valence-corrected chi connectivity index (χ4v) is 3.74. The Balaban J connectivity index is 2.22. The van der Waals surface area contributed by atoms with E-state index in [-0.39, 0.29) is 0 Å². The summed E-state index contributed by atoms with van der Waals surface area (Å²) in [5.74, 6) is 2.82. The van der Waals surface area contributed by atoms with E-state index in [1.54, 1.807) is 4.90 Å². The third-order valence-corrected chi connectivity index (χ3v) is 5.38. The number of rotatable bonds is 1. The van der Waals surface area contributed by atoms with Crippen molar-refractivity contribution in [3.63, 3.8) is 0 Å². The maximum atomic E-state index is 2.31. The van der Waals surface area contributed by atoms with E-state index in [0.717, 1.165) is 0 Å². The largest absolute Gasteiger partial charge is 0.162 e. The maximum absolute atomic E-state index is 2.31. The molecule has 2 aromatic rings. The van der Waals surface area contributed by atoms with Gasteiger partial charge in [0.2, 0.25) is 0 Å². The Kier molecular flexibility index (Phi) is 1.98. The second-order valence-electron chi connectivity index (χ2n) is 3.73. The molecule has 3 rings (SSSR count). The second kappa shape index (κ2) is 3.32. The Bertz CT molecular complexity index is 452. The van der Waals surface area contributed by atoms with Crippen LogP contribution in [0.25, 0.3) is 10.8 Å². The highest BCUT2D eigenvalue weighted by molar-refractivity contribution is 7.98. The minimum absolute atomic E-state index is 0.566. The molecule has 0 N–H and O–H groups in total. The highest BCUT2D eigenvalue weighted by atomic mass is 32.2. The van der Waals surface area contributed by atoms with Gasteiger partial charge in [0.15, 0.2) is 4.90 Å². The molecular weight excluding hydrogens is 188 g/mol. The molecule has 1 heteroatoms. The van der Waals surface area contributed by atoms with E-state index >= 15 is 0 Å². The first kappa shape index (κ1) is 8.37. The molecule has 0 unspecified atom stereocenters. The van der Waals surface area contributed by atoms with Crippen molar-refractivity contribution in [2.24, 2.45) is 0 Å². The van der Waals surface area contributed by atoms with Crippen molar-refractivity contribution in [3.05, 3.63) is 42.5 Å². The fourth-order valence-electron chi connectivity index (χ4n) is 1.96. The normalized spacial score (nSPS) is 16.9. The Morgan fingerprint density at radius 2 is 1.64 bits per heavy atom. The van der Waals surface area contributed by atoms with Gasteiger partial charge in [-0.3, -0.25) is 0 Å². The summed E-state index contributed by atoms with van der Waals surface area (Å²) >= 11 is 0. The summed E-state index contributed by atoms with van der Waals surface area (Å²) in [5.41, 5.74) is 0. The zero-order valence-electron chi connectivity index (χ0n) is 8.07. The van der Waals surface area contributed by atoms with Crippen LogP contribution < -0.4 is 0 Å². The zero-order chi connectivity index (χ0) is 9.38. The van der Waals surface area contributed by atoms with Crippen LogP contribution in [-0.2, 0) is 10.9 Å². The predicted octanol–water partition coefficient (Wildman–Crippen LogP) is 3.22. The van der Waals surface area contributed by atoms with Crippen LogP contribution in [0.4, 0.5) is 0 Å². The van der Waals surface area contributed by atoms with E-state index < -0.39 is 0 Å². The van der Waals surface area contributed by atoms with Crippen molar-refractivity contribution in [3.8, 4) is 0 Å². The van der Waals surface area contributed by atoms with Crippen molar-refractivity contribution < 1.29 is 0 Å². The lowest BCUT2D eigenvalue weighted by Crippen LogP contribution is -2.24. The third-order valence-electron chi connectivity index (χ3n) is 2.84. The molecule has 70 valence electrons. The van der Waals surface area contributed by atoms with Crippen LogP contribution in [0.2, 0.25) is 0 Å². The van der Waals surface area contributed by atoms with Crippen molar-refractivity contribution in [1.29, 1.82) is 0 Å². The molecule has 0 bridgehead atoms. The number of hydrogen-bond acceptors (Lipinski definition) is 0. The van der Waals surface area contributed by atoms with E-state index in [9.17, 15) is 0 Å². The molecule has 1 aliphatic heterocycles. The molecule has 1 aliphatic rings. The van der Waals surface area contributed by atoms with Crippen LogP contribution in [0.1, 0.15) is 6.42 Å². The molecule has 0 nitrogen and oxygen atoms in total. The van der Waals surface area contributed by atoms with Gasteiger partial charge in [0.1, 0.15) is 11.5 Å². The molecule has 1 heterocycles. The van der Waals surface area contributed by atoms with Gasteiger partial charge in [0.25, 0.3) is 0 Å². The van der Waals surface area contributed by atoms with E-state index in [1.165, 1.54) is 28.7 Å². The maximum Gasteiger partial charge on any atom is 0.162 e. The predicted molar refractivity (Wildman–Crippen MR) is 63.9 cm³/mol. The topological polar surface area (TPSA) is 0 Å². The fraction of sp³-hybridized carbons (Fsp3) is 0.231. The molecule has 1 fully saturated rings. The number of fused-ring (bicyclic) bond motifs is 1. The van der Waals surface area contributed by atoms with Crippen molar-refractivity contribution in [2.45, 2.75) is 11.3 Å². The van der Waals surface area contributed by atoms with Gasteiger partial charge in [-0.1, -0.05) is 30.3 Å². The molecule has 0 aromatic heterocycles. The van der Waals surface area contributed by atoms with Crippen LogP contribution in [0.15, 0.2) is 47.4 Å². The van der Waals surface area contributed by atoms with Crippen LogP contribution in [-0.4, -0.2) is 11.5 Å². The van der Waals surface area contributed by atoms with Crippen LogP contribution in [0.5, 0.6) is 0 Å². The molecule has 0 spiro atoms. The molecule has 0 saturated carbocycles. The van der Waals surface area contributed by atoms with E-state index in [2.05, 4.69) is 42.5 Å². The van der Waals surface area contributed by atoms with Gasteiger partial charge < -0.3 is 0 Å². The van der Waals surface area contributed by atoms with Gasteiger partial charge in [-0.15, -0.1) is 0 Å². The summed E-state index contributed by atoms with van der Waals surface area (Å²) in [6, 6.07) is 15.5. The SMILES string of the molecule is c1ccc2c([S+]3CCC3)cccc2c1. The lowest BCUT2D eigenvalue weighted by molar-refractivity contribution is 1.03. The lowest BCUT2D eigenvalue weighted by Gasteiger charge is -2.16. The Hall–Kier alpha value is -0.950. The van der Waals surface area contributed by atoms with E-state index in [0.29, 0.717) is 10.9 Å². The standard InChI is InChI=1S/C13H13S/c1-2-7-12-11(5-1)6-3-8-13(12)14-9-4-10-14/h1-3,5-8H,4,9-10H2/q+1. The van der Waals surface area contributed by atoms with Crippen molar-refractivity contribution in [2.75, 3.05) is 11.5 Å². The molecular formula is C13H13S+. The quantitative estimate of drug-likeness (QED) is 0.621. The van der Waals surface area contributed by atoms with Gasteiger partial charge in [0, 0.05) is 22.7 Å². The summed E-state index contributed by atoms with van der Waals surface area (Å²) in [4.78, 5) is 1.59. The lowest BCUT2D eigenvalue weighted by atomic mass is 10.1. The third kappa shape index (κ3) is 1.24. The van der Waals surface area contributed by atoms with Gasteiger partial charge in [0.05, 0.1) is 0 Å². The summed E-state index contributed by atoms with van der Waals surface area (Å²) < 4.78 is 0. The molecule has 0 amide bonds. The first-order chi connectivity index (χ1) is 6.95. The second-order valence-corrected chi connectivity index (χ2v) is 5.97. The highest BCUT2D eigenvalue weighted by Crippen LogP contribution is 2.30. The monoisotopic (exact) mass is 201 g/mol. The van der Waals surface area contributed by atoms with Gasteiger partial charge in [-0.25, -0.2) is 0 Å². The summed E-state index contributed by atoms with van der Waals surface area (Å²) in [5, 5.41) is 2.86. The van der Waals surface area contributed by atoms with Crippen LogP contribution >= 0.6 is 0 Å². The summed E-state index contributed by atoms with van der Waals surface area (Å²) in [6.07, 6.45) is 1.42. The molecule has 1 saturated heterocycles.